The predicted octanol–water partition coefficient (Wildman–Crippen LogP) is 5.98. The Kier molecular flexibility index (Phi) is 4.77. The first kappa shape index (κ1) is 14.7. The second-order valence-corrected chi connectivity index (χ2v) is 6.20. The molecule has 0 unspecified atom stereocenters. The van der Waals surface area contributed by atoms with E-state index in [4.69, 9.17) is 23.2 Å². The molecule has 0 saturated carbocycles. The summed E-state index contributed by atoms with van der Waals surface area (Å²) in [7, 11) is 0. The fraction of sp³-hybridized carbons (Fsp3) is 0.200. The molecule has 4 heteroatoms. The van der Waals surface area contributed by atoms with Crippen LogP contribution in [0.2, 0.25) is 10.0 Å². The van der Waals surface area contributed by atoms with Crippen LogP contribution >= 0.6 is 39.1 Å². The zero-order valence-electron chi connectivity index (χ0n) is 10.7. The Morgan fingerprint density at radius 2 is 1.79 bits per heavy atom. The van der Waals surface area contributed by atoms with Gasteiger partial charge in [-0.2, -0.15) is 0 Å². The van der Waals surface area contributed by atoms with Gasteiger partial charge in [-0.25, -0.2) is 0 Å². The molecule has 2 aromatic carbocycles. The monoisotopic (exact) mass is 357 g/mol. The molecule has 0 atom stereocenters. The Hall–Kier alpha value is -0.700. The first-order valence-electron chi connectivity index (χ1n) is 5.92. The minimum atomic E-state index is 0.685. The highest BCUT2D eigenvalue weighted by Crippen LogP contribution is 2.29. The van der Waals surface area contributed by atoms with Gasteiger partial charge in [0.25, 0.3) is 0 Å². The largest absolute Gasteiger partial charge is 0.380 e. The summed E-state index contributed by atoms with van der Waals surface area (Å²) in [5, 5.41) is 4.71. The molecule has 0 aliphatic carbocycles. The fourth-order valence-electron chi connectivity index (χ4n) is 1.77. The van der Waals surface area contributed by atoms with Crippen molar-refractivity contribution in [3.8, 4) is 0 Å². The maximum absolute atomic E-state index is 6.20. The van der Waals surface area contributed by atoms with E-state index >= 15 is 0 Å². The molecule has 19 heavy (non-hydrogen) atoms. The highest BCUT2D eigenvalue weighted by Gasteiger charge is 2.06. The SMILES string of the molecule is Cc1ccc(CNc2cc(Cl)c(C)cc2Cl)c(Br)c1. The van der Waals surface area contributed by atoms with Crippen LogP contribution in [0.15, 0.2) is 34.8 Å². The predicted molar refractivity (Wildman–Crippen MR) is 87.4 cm³/mol. The minimum absolute atomic E-state index is 0.685. The van der Waals surface area contributed by atoms with Crippen LogP contribution in [0.1, 0.15) is 16.7 Å². The molecule has 0 amide bonds. The van der Waals surface area contributed by atoms with Crippen LogP contribution in [0.3, 0.4) is 0 Å². The van der Waals surface area contributed by atoms with Gasteiger partial charge in [-0.3, -0.25) is 0 Å². The van der Waals surface area contributed by atoms with Crippen LogP contribution in [-0.2, 0) is 6.54 Å². The molecule has 0 aliphatic rings. The lowest BCUT2D eigenvalue weighted by Gasteiger charge is -2.12. The van der Waals surface area contributed by atoms with Crippen molar-refractivity contribution in [2.24, 2.45) is 0 Å². The van der Waals surface area contributed by atoms with Gasteiger partial charge in [0.2, 0.25) is 0 Å². The van der Waals surface area contributed by atoms with E-state index < -0.39 is 0 Å². The summed E-state index contributed by atoms with van der Waals surface area (Å²) >= 11 is 15.9. The van der Waals surface area contributed by atoms with Gasteiger partial charge in [-0.15, -0.1) is 0 Å². The molecule has 0 aromatic heterocycles. The van der Waals surface area contributed by atoms with Crippen molar-refractivity contribution in [3.05, 3.63) is 61.5 Å². The number of benzene rings is 2. The standard InChI is InChI=1S/C15H14BrCl2N/c1-9-3-4-11(12(16)5-9)8-19-15-7-13(17)10(2)6-14(15)18/h3-7,19H,8H2,1-2H3. The summed E-state index contributed by atoms with van der Waals surface area (Å²) in [6.07, 6.45) is 0. The number of rotatable bonds is 3. The van der Waals surface area contributed by atoms with Gasteiger partial charge in [0.05, 0.1) is 10.7 Å². The lowest BCUT2D eigenvalue weighted by molar-refractivity contribution is 1.13. The van der Waals surface area contributed by atoms with E-state index in [0.717, 1.165) is 20.7 Å². The summed E-state index contributed by atoms with van der Waals surface area (Å²) in [4.78, 5) is 0. The molecule has 0 saturated heterocycles. The number of anilines is 1. The zero-order chi connectivity index (χ0) is 14.0. The van der Waals surface area contributed by atoms with Gasteiger partial charge in [-0.05, 0) is 48.7 Å². The lowest BCUT2D eigenvalue weighted by atomic mass is 10.1. The van der Waals surface area contributed by atoms with Crippen molar-refractivity contribution in [1.82, 2.24) is 0 Å². The fourth-order valence-corrected chi connectivity index (χ4v) is 2.85. The van der Waals surface area contributed by atoms with Gasteiger partial charge in [0.1, 0.15) is 0 Å². The third-order valence-corrected chi connectivity index (χ3v) is 4.38. The van der Waals surface area contributed by atoms with Crippen molar-refractivity contribution in [1.29, 1.82) is 0 Å². The van der Waals surface area contributed by atoms with Crippen molar-refractivity contribution < 1.29 is 0 Å². The van der Waals surface area contributed by atoms with Gasteiger partial charge >= 0.3 is 0 Å². The molecule has 0 bridgehead atoms. The van der Waals surface area contributed by atoms with Crippen LogP contribution in [-0.4, -0.2) is 0 Å². The average molecular weight is 359 g/mol. The Morgan fingerprint density at radius 3 is 2.47 bits per heavy atom. The molecule has 0 radical (unpaired) electrons. The van der Waals surface area contributed by atoms with E-state index in [0.29, 0.717) is 11.6 Å². The summed E-state index contributed by atoms with van der Waals surface area (Å²) in [5.74, 6) is 0. The molecule has 1 nitrogen and oxygen atoms in total. The first-order chi connectivity index (χ1) is 8.97. The molecular weight excluding hydrogens is 345 g/mol. The second kappa shape index (κ2) is 6.17. The molecule has 100 valence electrons. The Balaban J connectivity index is 2.16. The van der Waals surface area contributed by atoms with Crippen LogP contribution in [0, 0.1) is 13.8 Å². The second-order valence-electron chi connectivity index (χ2n) is 4.53. The Morgan fingerprint density at radius 1 is 1.05 bits per heavy atom. The van der Waals surface area contributed by atoms with Crippen molar-refractivity contribution in [2.45, 2.75) is 20.4 Å². The highest BCUT2D eigenvalue weighted by atomic mass is 79.9. The van der Waals surface area contributed by atoms with E-state index in [1.807, 2.05) is 19.1 Å². The van der Waals surface area contributed by atoms with Crippen LogP contribution in [0.25, 0.3) is 0 Å². The normalized spacial score (nSPS) is 10.6. The lowest BCUT2D eigenvalue weighted by Crippen LogP contribution is -2.01. The van der Waals surface area contributed by atoms with Crippen molar-refractivity contribution in [2.75, 3.05) is 5.32 Å². The minimum Gasteiger partial charge on any atom is -0.380 e. The van der Waals surface area contributed by atoms with E-state index in [-0.39, 0.29) is 0 Å². The number of hydrogen-bond donors (Lipinski definition) is 1. The third-order valence-electron chi connectivity index (χ3n) is 2.93. The molecule has 0 fully saturated rings. The topological polar surface area (TPSA) is 12.0 Å². The molecule has 2 rings (SSSR count). The molecule has 1 N–H and O–H groups in total. The van der Waals surface area contributed by atoms with E-state index in [9.17, 15) is 0 Å². The molecule has 0 spiro atoms. The average Bonchev–Trinajstić information content (AvgIpc) is 2.34. The van der Waals surface area contributed by atoms with Crippen LogP contribution in [0.4, 0.5) is 5.69 Å². The van der Waals surface area contributed by atoms with Crippen LogP contribution in [0.5, 0.6) is 0 Å². The first-order valence-corrected chi connectivity index (χ1v) is 7.47. The Labute approximate surface area is 132 Å². The summed E-state index contributed by atoms with van der Waals surface area (Å²) in [6, 6.07) is 10.0. The maximum atomic E-state index is 6.20. The number of nitrogens with one attached hydrogen (secondary N) is 1. The summed E-state index contributed by atoms with van der Waals surface area (Å²) in [5.41, 5.74) is 4.24. The van der Waals surface area contributed by atoms with Gasteiger partial charge in [0.15, 0.2) is 0 Å². The van der Waals surface area contributed by atoms with E-state index in [2.05, 4.69) is 46.4 Å². The van der Waals surface area contributed by atoms with Gasteiger partial charge in [-0.1, -0.05) is 51.3 Å². The molecular formula is C15H14BrCl2N. The number of hydrogen-bond acceptors (Lipinski definition) is 1. The summed E-state index contributed by atoms with van der Waals surface area (Å²) in [6.45, 7) is 4.70. The number of aryl methyl sites for hydroxylation is 2. The highest BCUT2D eigenvalue weighted by molar-refractivity contribution is 9.10. The maximum Gasteiger partial charge on any atom is 0.0641 e. The number of halogens is 3. The van der Waals surface area contributed by atoms with Gasteiger partial charge in [0, 0.05) is 16.0 Å². The van der Waals surface area contributed by atoms with Gasteiger partial charge < -0.3 is 5.32 Å². The summed E-state index contributed by atoms with van der Waals surface area (Å²) < 4.78 is 1.09. The van der Waals surface area contributed by atoms with E-state index in [1.54, 1.807) is 0 Å². The third kappa shape index (κ3) is 3.65. The van der Waals surface area contributed by atoms with Crippen molar-refractivity contribution in [3.63, 3.8) is 0 Å². The Bertz CT molecular complexity index is 611. The quantitative estimate of drug-likeness (QED) is 0.710. The van der Waals surface area contributed by atoms with Crippen LogP contribution < -0.4 is 5.32 Å². The molecule has 2 aromatic rings. The smallest absolute Gasteiger partial charge is 0.0641 e. The molecule has 0 aliphatic heterocycles. The van der Waals surface area contributed by atoms with Crippen molar-refractivity contribution >= 4 is 44.8 Å². The van der Waals surface area contributed by atoms with E-state index in [1.165, 1.54) is 11.1 Å². The molecule has 0 heterocycles. The zero-order valence-corrected chi connectivity index (χ0v) is 13.8.